The number of rotatable bonds is 5. The van der Waals surface area contributed by atoms with Gasteiger partial charge >= 0.3 is 0 Å². The van der Waals surface area contributed by atoms with Crippen LogP contribution in [-0.4, -0.2) is 23.4 Å². The van der Waals surface area contributed by atoms with Crippen LogP contribution in [0.4, 0.5) is 4.39 Å². The first-order valence-corrected chi connectivity index (χ1v) is 7.32. The molecule has 0 aliphatic heterocycles. The average molecular weight is 329 g/mol. The van der Waals surface area contributed by atoms with Crippen molar-refractivity contribution < 1.29 is 9.18 Å². The second-order valence-electron chi connectivity index (χ2n) is 5.06. The molecule has 0 aromatic heterocycles. The van der Waals surface area contributed by atoms with Gasteiger partial charge in [0.2, 0.25) is 5.91 Å². The Labute approximate surface area is 121 Å². The highest BCUT2D eigenvalue weighted by Crippen LogP contribution is 2.25. The van der Waals surface area contributed by atoms with Gasteiger partial charge in [-0.1, -0.05) is 18.9 Å². The molecule has 0 bridgehead atoms. The third-order valence-electron chi connectivity index (χ3n) is 3.57. The van der Waals surface area contributed by atoms with Crippen molar-refractivity contribution in [1.82, 2.24) is 4.90 Å². The first-order valence-electron chi connectivity index (χ1n) is 6.52. The molecule has 2 N–H and O–H groups in total. The first kappa shape index (κ1) is 14.5. The first-order chi connectivity index (χ1) is 9.06. The normalized spacial score (nSPS) is 16.2. The summed E-state index contributed by atoms with van der Waals surface area (Å²) in [7, 11) is 0. The topological polar surface area (TPSA) is 46.3 Å². The van der Waals surface area contributed by atoms with Gasteiger partial charge in [-0.25, -0.2) is 4.39 Å². The Bertz CT molecular complexity index is 461. The maximum absolute atomic E-state index is 13.2. The number of carbonyl (C=O) groups excluding carboxylic acids is 1. The van der Waals surface area contributed by atoms with Crippen LogP contribution in [0.15, 0.2) is 22.7 Å². The van der Waals surface area contributed by atoms with Crippen LogP contribution >= 0.6 is 15.9 Å². The maximum Gasteiger partial charge on any atom is 0.231 e. The van der Waals surface area contributed by atoms with Gasteiger partial charge in [0.05, 0.1) is 11.0 Å². The molecule has 1 aromatic rings. The predicted molar refractivity (Wildman–Crippen MR) is 76.0 cm³/mol. The number of amides is 1. The van der Waals surface area contributed by atoms with Gasteiger partial charge in [0.15, 0.2) is 0 Å². The number of halogens is 2. The maximum atomic E-state index is 13.2. The number of nitrogens with zero attached hydrogens (tertiary/aromatic N) is 1. The third kappa shape index (κ3) is 4.01. The minimum Gasteiger partial charge on any atom is -0.369 e. The Morgan fingerprint density at radius 1 is 1.42 bits per heavy atom. The second-order valence-corrected chi connectivity index (χ2v) is 5.91. The van der Waals surface area contributed by atoms with E-state index in [0.717, 1.165) is 18.4 Å². The van der Waals surface area contributed by atoms with Crippen LogP contribution in [0.2, 0.25) is 0 Å². The van der Waals surface area contributed by atoms with Crippen molar-refractivity contribution in [3.8, 4) is 0 Å². The monoisotopic (exact) mass is 328 g/mol. The lowest BCUT2D eigenvalue weighted by atomic mass is 10.1. The summed E-state index contributed by atoms with van der Waals surface area (Å²) in [6, 6.07) is 5.37. The van der Waals surface area contributed by atoms with Crippen LogP contribution in [0, 0.1) is 5.82 Å². The van der Waals surface area contributed by atoms with E-state index in [9.17, 15) is 9.18 Å². The van der Waals surface area contributed by atoms with Crippen LogP contribution in [0.1, 0.15) is 31.2 Å². The number of benzene rings is 1. The number of hydrogen-bond donors (Lipinski definition) is 1. The molecule has 5 heteroatoms. The fourth-order valence-electron chi connectivity index (χ4n) is 2.66. The largest absolute Gasteiger partial charge is 0.369 e. The zero-order chi connectivity index (χ0) is 13.8. The fourth-order valence-corrected chi connectivity index (χ4v) is 3.08. The number of primary amides is 1. The zero-order valence-corrected chi connectivity index (χ0v) is 12.3. The van der Waals surface area contributed by atoms with Crippen molar-refractivity contribution >= 4 is 21.8 Å². The van der Waals surface area contributed by atoms with Gasteiger partial charge in [0.1, 0.15) is 5.82 Å². The van der Waals surface area contributed by atoms with Crippen molar-refractivity contribution in [3.63, 3.8) is 0 Å². The lowest BCUT2D eigenvalue weighted by Gasteiger charge is -2.27. The Kier molecular flexibility index (Phi) is 4.93. The van der Waals surface area contributed by atoms with Crippen molar-refractivity contribution in [1.29, 1.82) is 0 Å². The van der Waals surface area contributed by atoms with Crippen LogP contribution < -0.4 is 5.73 Å². The van der Waals surface area contributed by atoms with E-state index in [0.29, 0.717) is 17.1 Å². The molecule has 1 aliphatic rings. The molecule has 104 valence electrons. The van der Waals surface area contributed by atoms with Crippen molar-refractivity contribution in [2.24, 2.45) is 5.73 Å². The van der Waals surface area contributed by atoms with E-state index in [2.05, 4.69) is 20.8 Å². The lowest BCUT2D eigenvalue weighted by Crippen LogP contribution is -2.39. The summed E-state index contributed by atoms with van der Waals surface area (Å²) in [5.41, 5.74) is 6.31. The summed E-state index contributed by atoms with van der Waals surface area (Å²) in [6.45, 7) is 0.895. The Balaban J connectivity index is 2.09. The molecule has 1 fully saturated rings. The van der Waals surface area contributed by atoms with Gasteiger partial charge in [-0.3, -0.25) is 9.69 Å². The third-order valence-corrected chi connectivity index (χ3v) is 4.18. The molecule has 1 amide bonds. The molecule has 0 radical (unpaired) electrons. The highest BCUT2D eigenvalue weighted by atomic mass is 79.9. The number of carbonyl (C=O) groups is 1. The Morgan fingerprint density at radius 2 is 2.11 bits per heavy atom. The zero-order valence-electron chi connectivity index (χ0n) is 10.7. The summed E-state index contributed by atoms with van der Waals surface area (Å²) in [4.78, 5) is 13.3. The van der Waals surface area contributed by atoms with Crippen molar-refractivity contribution in [2.75, 3.05) is 6.54 Å². The van der Waals surface area contributed by atoms with Gasteiger partial charge in [-0.2, -0.15) is 0 Å². The molecule has 1 saturated carbocycles. The molecule has 1 aliphatic carbocycles. The molecule has 0 spiro atoms. The molecule has 1 aromatic carbocycles. The van der Waals surface area contributed by atoms with E-state index in [1.54, 1.807) is 12.1 Å². The summed E-state index contributed by atoms with van der Waals surface area (Å²) >= 11 is 3.19. The van der Waals surface area contributed by atoms with Gasteiger partial charge in [-0.15, -0.1) is 0 Å². The minimum absolute atomic E-state index is 0.264. The van der Waals surface area contributed by atoms with Crippen molar-refractivity contribution in [2.45, 2.75) is 38.3 Å². The Morgan fingerprint density at radius 3 is 2.68 bits per heavy atom. The highest BCUT2D eigenvalue weighted by molar-refractivity contribution is 9.10. The molecule has 3 nitrogen and oxygen atoms in total. The van der Waals surface area contributed by atoms with E-state index in [4.69, 9.17) is 5.73 Å². The molecule has 19 heavy (non-hydrogen) atoms. The van der Waals surface area contributed by atoms with Gasteiger partial charge < -0.3 is 5.73 Å². The average Bonchev–Trinajstić information content (AvgIpc) is 2.86. The van der Waals surface area contributed by atoms with Crippen LogP contribution in [0.5, 0.6) is 0 Å². The SMILES string of the molecule is NC(=O)CN(Cc1ccc(F)c(Br)c1)C1CCCC1. The van der Waals surface area contributed by atoms with Gasteiger partial charge in [0, 0.05) is 12.6 Å². The Hall–Kier alpha value is -0.940. The summed E-state index contributed by atoms with van der Waals surface area (Å²) < 4.78 is 13.7. The molecule has 0 saturated heterocycles. The van der Waals surface area contributed by atoms with E-state index < -0.39 is 0 Å². The quantitative estimate of drug-likeness (QED) is 0.903. The summed E-state index contributed by atoms with van der Waals surface area (Å²) in [6.07, 6.45) is 4.62. The smallest absolute Gasteiger partial charge is 0.231 e. The lowest BCUT2D eigenvalue weighted by molar-refractivity contribution is -0.119. The van der Waals surface area contributed by atoms with Gasteiger partial charge in [-0.05, 0) is 46.5 Å². The van der Waals surface area contributed by atoms with Crippen LogP contribution in [0.25, 0.3) is 0 Å². The fraction of sp³-hybridized carbons (Fsp3) is 0.500. The van der Waals surface area contributed by atoms with E-state index in [-0.39, 0.29) is 18.3 Å². The highest BCUT2D eigenvalue weighted by Gasteiger charge is 2.23. The summed E-state index contributed by atoms with van der Waals surface area (Å²) in [5.74, 6) is -0.584. The van der Waals surface area contributed by atoms with Crippen molar-refractivity contribution in [3.05, 3.63) is 34.1 Å². The molecule has 0 unspecified atom stereocenters. The standard InChI is InChI=1S/C14H18BrFN2O/c15-12-7-10(5-6-13(12)16)8-18(9-14(17)19)11-3-1-2-4-11/h5-7,11H,1-4,8-9H2,(H2,17,19). The second kappa shape index (κ2) is 6.48. The minimum atomic E-state index is -0.312. The number of hydrogen-bond acceptors (Lipinski definition) is 2. The molecular formula is C14H18BrFN2O. The van der Waals surface area contributed by atoms with E-state index in [1.165, 1.54) is 18.9 Å². The van der Waals surface area contributed by atoms with Crippen LogP contribution in [0.3, 0.4) is 0 Å². The number of nitrogens with two attached hydrogens (primary N) is 1. The van der Waals surface area contributed by atoms with E-state index >= 15 is 0 Å². The molecule has 0 atom stereocenters. The van der Waals surface area contributed by atoms with Gasteiger partial charge in [0.25, 0.3) is 0 Å². The molecule has 2 rings (SSSR count). The van der Waals surface area contributed by atoms with E-state index in [1.807, 2.05) is 0 Å². The molecule has 0 heterocycles. The predicted octanol–water partition coefficient (Wildman–Crippen LogP) is 2.82. The van der Waals surface area contributed by atoms with Crippen LogP contribution in [-0.2, 0) is 11.3 Å². The summed E-state index contributed by atoms with van der Waals surface area (Å²) in [5, 5.41) is 0. The molecular weight excluding hydrogens is 311 g/mol.